The van der Waals surface area contributed by atoms with Crippen LogP contribution in [-0.4, -0.2) is 64.6 Å². The van der Waals surface area contributed by atoms with E-state index in [-0.39, 0.29) is 24.0 Å². The molecule has 3 N–H and O–H groups in total. The van der Waals surface area contributed by atoms with Crippen molar-refractivity contribution in [3.8, 4) is 0 Å². The number of aromatic nitrogens is 1. The number of anilines is 2. The van der Waals surface area contributed by atoms with E-state index in [1.807, 2.05) is 25.7 Å². The number of halogens is 1. The monoisotopic (exact) mass is 437 g/mol. The lowest BCUT2D eigenvalue weighted by atomic mass is 9.85. The summed E-state index contributed by atoms with van der Waals surface area (Å²) in [6.07, 6.45) is 4.71. The second kappa shape index (κ2) is 9.29. The highest BCUT2D eigenvalue weighted by molar-refractivity contribution is 6.29. The number of nitrogen functional groups attached to an aromatic ring is 1. The fourth-order valence-electron chi connectivity index (χ4n) is 3.96. The van der Waals surface area contributed by atoms with Gasteiger partial charge in [-0.15, -0.1) is 0 Å². The van der Waals surface area contributed by atoms with Crippen LogP contribution >= 0.6 is 11.6 Å². The van der Waals surface area contributed by atoms with Crippen LogP contribution in [0, 0.1) is 5.92 Å². The minimum atomic E-state index is -0.511. The van der Waals surface area contributed by atoms with Gasteiger partial charge in [0.15, 0.2) is 0 Å². The third kappa shape index (κ3) is 5.90. The molecule has 1 saturated heterocycles. The van der Waals surface area contributed by atoms with E-state index in [0.717, 1.165) is 31.4 Å². The summed E-state index contributed by atoms with van der Waals surface area (Å²) in [7, 11) is 0. The van der Waals surface area contributed by atoms with Gasteiger partial charge in [0.25, 0.3) is 0 Å². The Bertz CT molecular complexity index is 766. The molecule has 0 atom stereocenters. The van der Waals surface area contributed by atoms with Crippen molar-refractivity contribution in [1.29, 1.82) is 0 Å². The molecule has 30 heavy (non-hydrogen) atoms. The van der Waals surface area contributed by atoms with Gasteiger partial charge in [0.2, 0.25) is 5.91 Å². The summed E-state index contributed by atoms with van der Waals surface area (Å²) in [5, 5.41) is 3.84. The molecule has 166 valence electrons. The summed E-state index contributed by atoms with van der Waals surface area (Å²) in [5.74, 6) is 0.234. The maximum absolute atomic E-state index is 12.9. The van der Waals surface area contributed by atoms with Crippen LogP contribution in [0.25, 0.3) is 0 Å². The molecule has 0 aromatic carbocycles. The molecule has 0 bridgehead atoms. The Labute approximate surface area is 183 Å². The number of pyridine rings is 1. The van der Waals surface area contributed by atoms with E-state index in [0.29, 0.717) is 37.0 Å². The number of nitrogens with one attached hydrogen (secondary N) is 1. The zero-order valence-electron chi connectivity index (χ0n) is 18.0. The normalized spacial score (nSPS) is 22.5. The Hall–Kier alpha value is -2.22. The van der Waals surface area contributed by atoms with Gasteiger partial charge in [-0.3, -0.25) is 4.79 Å². The van der Waals surface area contributed by atoms with Gasteiger partial charge in [-0.05, 0) is 46.5 Å². The van der Waals surface area contributed by atoms with Crippen molar-refractivity contribution >= 4 is 35.0 Å². The molecule has 2 amide bonds. The van der Waals surface area contributed by atoms with Gasteiger partial charge in [-0.25, -0.2) is 9.78 Å². The summed E-state index contributed by atoms with van der Waals surface area (Å²) in [6.45, 7) is 7.71. The van der Waals surface area contributed by atoms with Gasteiger partial charge in [0, 0.05) is 44.2 Å². The number of carbonyl (C=O) groups excluding carboxylic acids is 2. The van der Waals surface area contributed by atoms with Crippen molar-refractivity contribution in [2.45, 2.75) is 58.1 Å². The Morgan fingerprint density at radius 2 is 1.73 bits per heavy atom. The van der Waals surface area contributed by atoms with Gasteiger partial charge in [0.05, 0.1) is 17.6 Å². The van der Waals surface area contributed by atoms with Crippen LogP contribution in [0.1, 0.15) is 46.5 Å². The number of hydrogen-bond acceptors (Lipinski definition) is 6. The molecule has 3 rings (SSSR count). The van der Waals surface area contributed by atoms with Crippen LogP contribution in [-0.2, 0) is 9.53 Å². The number of ether oxygens (including phenoxy) is 1. The van der Waals surface area contributed by atoms with E-state index in [4.69, 9.17) is 22.1 Å². The van der Waals surface area contributed by atoms with E-state index in [2.05, 4.69) is 10.3 Å². The number of amides is 2. The van der Waals surface area contributed by atoms with E-state index < -0.39 is 5.60 Å². The van der Waals surface area contributed by atoms with E-state index >= 15 is 0 Å². The molecule has 1 aromatic heterocycles. The first-order valence-corrected chi connectivity index (χ1v) is 10.9. The highest BCUT2D eigenvalue weighted by Crippen LogP contribution is 2.30. The minimum absolute atomic E-state index is 0.0366. The van der Waals surface area contributed by atoms with Crippen molar-refractivity contribution < 1.29 is 14.3 Å². The lowest BCUT2D eigenvalue weighted by Crippen LogP contribution is -2.53. The predicted octanol–water partition coefficient (Wildman–Crippen LogP) is 3.37. The molecule has 1 aliphatic carbocycles. The highest BCUT2D eigenvalue weighted by Gasteiger charge is 2.33. The highest BCUT2D eigenvalue weighted by atomic mass is 35.5. The summed E-state index contributed by atoms with van der Waals surface area (Å²) in [5.41, 5.74) is 6.82. The fraction of sp³-hybridized carbons (Fsp3) is 0.667. The molecule has 0 spiro atoms. The summed E-state index contributed by atoms with van der Waals surface area (Å²) >= 11 is 5.96. The molecule has 1 aliphatic heterocycles. The van der Waals surface area contributed by atoms with Crippen LogP contribution in [0.5, 0.6) is 0 Å². The van der Waals surface area contributed by atoms with Gasteiger partial charge in [0.1, 0.15) is 10.8 Å². The van der Waals surface area contributed by atoms with E-state index in [1.165, 1.54) is 0 Å². The van der Waals surface area contributed by atoms with Crippen molar-refractivity contribution in [3.05, 3.63) is 17.4 Å². The van der Waals surface area contributed by atoms with Crippen LogP contribution in [0.2, 0.25) is 5.15 Å². The van der Waals surface area contributed by atoms with E-state index in [9.17, 15) is 9.59 Å². The number of hydrogen-bond donors (Lipinski definition) is 2. The fourth-order valence-corrected chi connectivity index (χ4v) is 4.12. The van der Waals surface area contributed by atoms with Crippen LogP contribution < -0.4 is 11.1 Å². The average Bonchev–Trinajstić information content (AvgIpc) is 2.70. The molecule has 0 unspecified atom stereocenters. The van der Waals surface area contributed by atoms with Crippen molar-refractivity contribution in [1.82, 2.24) is 14.8 Å². The third-order valence-electron chi connectivity index (χ3n) is 5.58. The van der Waals surface area contributed by atoms with Crippen molar-refractivity contribution in [2.24, 2.45) is 5.92 Å². The smallest absolute Gasteiger partial charge is 0.410 e. The standard InChI is InChI=1S/C21H32ClN5O3/c1-21(2,3)30-20(29)27-10-8-26(9-11-27)19(28)14-4-6-15(7-5-14)25-17-12-18(22)24-13-16(17)23/h12-15H,4-11,23H2,1-3H3,(H,24,25). The molecule has 9 heteroatoms. The Morgan fingerprint density at radius 3 is 2.33 bits per heavy atom. The molecule has 1 aromatic rings. The summed E-state index contributed by atoms with van der Waals surface area (Å²) in [6, 6.07) is 2.00. The molecule has 2 heterocycles. The molecule has 0 radical (unpaired) electrons. The SMILES string of the molecule is CC(C)(C)OC(=O)N1CCN(C(=O)C2CCC(Nc3cc(Cl)ncc3N)CC2)CC1. The number of carbonyl (C=O) groups is 2. The predicted molar refractivity (Wildman–Crippen MR) is 117 cm³/mol. The molecule has 1 saturated carbocycles. The molecule has 2 aliphatic rings. The van der Waals surface area contributed by atoms with Crippen molar-refractivity contribution in [3.63, 3.8) is 0 Å². The molecular weight excluding hydrogens is 406 g/mol. The summed E-state index contributed by atoms with van der Waals surface area (Å²) in [4.78, 5) is 32.7. The third-order valence-corrected chi connectivity index (χ3v) is 5.79. The molecule has 2 fully saturated rings. The largest absolute Gasteiger partial charge is 0.444 e. The van der Waals surface area contributed by atoms with E-state index in [1.54, 1.807) is 17.2 Å². The Balaban J connectivity index is 1.44. The maximum Gasteiger partial charge on any atom is 0.410 e. The first-order chi connectivity index (χ1) is 14.1. The minimum Gasteiger partial charge on any atom is -0.444 e. The lowest BCUT2D eigenvalue weighted by Gasteiger charge is -2.38. The average molecular weight is 438 g/mol. The van der Waals surface area contributed by atoms with Gasteiger partial charge in [-0.2, -0.15) is 0 Å². The second-order valence-corrected chi connectivity index (χ2v) is 9.47. The van der Waals surface area contributed by atoms with Crippen molar-refractivity contribution in [2.75, 3.05) is 37.2 Å². The zero-order chi connectivity index (χ0) is 21.9. The Morgan fingerprint density at radius 1 is 1.13 bits per heavy atom. The van der Waals surface area contributed by atoms with Gasteiger partial charge < -0.3 is 25.6 Å². The summed E-state index contributed by atoms with van der Waals surface area (Å²) < 4.78 is 5.42. The van der Waals surface area contributed by atoms with Crippen LogP contribution in [0.15, 0.2) is 12.3 Å². The maximum atomic E-state index is 12.9. The topological polar surface area (TPSA) is 101 Å². The lowest BCUT2D eigenvalue weighted by molar-refractivity contribution is -0.138. The van der Waals surface area contributed by atoms with Gasteiger partial charge in [-0.1, -0.05) is 11.6 Å². The number of nitrogens with two attached hydrogens (primary N) is 1. The zero-order valence-corrected chi connectivity index (χ0v) is 18.7. The Kier molecular flexibility index (Phi) is 6.95. The van der Waals surface area contributed by atoms with Crippen LogP contribution in [0.3, 0.4) is 0 Å². The van der Waals surface area contributed by atoms with Crippen LogP contribution in [0.4, 0.5) is 16.2 Å². The first-order valence-electron chi connectivity index (χ1n) is 10.6. The first kappa shape index (κ1) is 22.5. The number of piperazine rings is 1. The molecule has 8 nitrogen and oxygen atoms in total. The number of nitrogens with zero attached hydrogens (tertiary/aromatic N) is 3. The van der Waals surface area contributed by atoms with Gasteiger partial charge >= 0.3 is 6.09 Å². The molecular formula is C21H32ClN5O3. The number of rotatable bonds is 3. The quantitative estimate of drug-likeness (QED) is 0.703. The second-order valence-electron chi connectivity index (χ2n) is 9.08.